The smallest absolute Gasteiger partial charge is 0.169 e. The molecule has 3 rings (SSSR count). The van der Waals surface area contributed by atoms with Crippen molar-refractivity contribution in [3.05, 3.63) is 22.1 Å². The van der Waals surface area contributed by atoms with E-state index >= 15 is 0 Å². The van der Waals surface area contributed by atoms with Gasteiger partial charge in [0, 0.05) is 4.91 Å². The highest BCUT2D eigenvalue weighted by atomic mass is 16.7. The van der Waals surface area contributed by atoms with Crippen molar-refractivity contribution in [1.29, 1.82) is 0 Å². The molecule has 0 aromatic carbocycles. The molecule has 24 heavy (non-hydrogen) atoms. The van der Waals surface area contributed by atoms with Crippen LogP contribution in [0.5, 0.6) is 0 Å². The van der Waals surface area contributed by atoms with Crippen LogP contribution in [-0.4, -0.2) is 93.7 Å². The van der Waals surface area contributed by atoms with Crippen molar-refractivity contribution in [2.24, 2.45) is 5.11 Å². The molecule has 2 aliphatic heterocycles. The fourth-order valence-corrected chi connectivity index (χ4v) is 3.35. The molecule has 0 radical (unpaired) electrons. The van der Waals surface area contributed by atoms with E-state index in [0.717, 1.165) is 0 Å². The van der Waals surface area contributed by atoms with Gasteiger partial charge >= 0.3 is 0 Å². The second kappa shape index (κ2) is 6.92. The molecule has 11 nitrogen and oxygen atoms in total. The van der Waals surface area contributed by atoms with Gasteiger partial charge in [0.25, 0.3) is 0 Å². The Labute approximate surface area is 136 Å². The number of azide groups is 1. The summed E-state index contributed by atoms with van der Waals surface area (Å²) in [5, 5.41) is 56.0. The fraction of sp³-hybridized carbons (Fsp3) is 0.846. The number of hydrogen-bond acceptors (Lipinski definition) is 9. The Morgan fingerprint density at radius 2 is 2.00 bits per heavy atom. The standard InChI is InChI=1S/C13H20N4O7/c14-17-16-8-11(21)7(6-3-23-13(8)24-6)15-5-1-4(2-18)9(19)12(22)10(5)20/h1,5-13,15,18-22H,2-3H2. The van der Waals surface area contributed by atoms with Crippen LogP contribution < -0.4 is 5.32 Å². The largest absolute Gasteiger partial charge is 0.392 e. The first kappa shape index (κ1) is 17.5. The number of ether oxygens (including phenoxy) is 2. The van der Waals surface area contributed by atoms with Crippen molar-refractivity contribution in [2.75, 3.05) is 13.2 Å². The molecular weight excluding hydrogens is 324 g/mol. The molecule has 0 amide bonds. The van der Waals surface area contributed by atoms with E-state index in [9.17, 15) is 25.5 Å². The van der Waals surface area contributed by atoms with E-state index in [2.05, 4.69) is 15.3 Å². The molecule has 6 N–H and O–H groups in total. The van der Waals surface area contributed by atoms with Crippen LogP contribution in [-0.2, 0) is 9.47 Å². The third-order valence-electron chi connectivity index (χ3n) is 4.70. The van der Waals surface area contributed by atoms with Gasteiger partial charge in [-0.3, -0.25) is 0 Å². The van der Waals surface area contributed by atoms with Gasteiger partial charge in [-0.2, -0.15) is 0 Å². The lowest BCUT2D eigenvalue weighted by Crippen LogP contribution is -2.64. The number of rotatable bonds is 4. The second-order valence-electron chi connectivity index (χ2n) is 6.11. The molecule has 134 valence electrons. The maximum Gasteiger partial charge on any atom is 0.169 e. The lowest BCUT2D eigenvalue weighted by atomic mass is 9.86. The summed E-state index contributed by atoms with van der Waals surface area (Å²) in [4.78, 5) is 2.68. The minimum absolute atomic E-state index is 0.156. The van der Waals surface area contributed by atoms with Crippen LogP contribution in [0.25, 0.3) is 10.4 Å². The summed E-state index contributed by atoms with van der Waals surface area (Å²) in [5.41, 5.74) is 8.78. The topological polar surface area (TPSA) is 180 Å². The van der Waals surface area contributed by atoms with E-state index in [0.29, 0.717) is 0 Å². The number of fused-ring (bicyclic) bond motifs is 2. The minimum Gasteiger partial charge on any atom is -0.392 e. The summed E-state index contributed by atoms with van der Waals surface area (Å²) >= 11 is 0. The van der Waals surface area contributed by atoms with Crippen LogP contribution in [0.4, 0.5) is 0 Å². The number of nitrogens with zero attached hydrogens (tertiary/aromatic N) is 3. The summed E-state index contributed by atoms with van der Waals surface area (Å²) < 4.78 is 10.9. The Kier molecular flexibility index (Phi) is 5.06. The number of hydrogen-bond donors (Lipinski definition) is 6. The van der Waals surface area contributed by atoms with E-state index < -0.39 is 61.5 Å². The van der Waals surface area contributed by atoms with Crippen molar-refractivity contribution >= 4 is 0 Å². The molecule has 2 saturated heterocycles. The van der Waals surface area contributed by atoms with Crippen molar-refractivity contribution in [2.45, 2.75) is 54.9 Å². The predicted octanol–water partition coefficient (Wildman–Crippen LogP) is -2.88. The highest BCUT2D eigenvalue weighted by molar-refractivity contribution is 5.22. The SMILES string of the molecule is [N-]=[N+]=NC1C2OCC(O2)C(NC2C=C(CO)C(O)C(O)C2O)C1O. The van der Waals surface area contributed by atoms with E-state index in [1.807, 2.05) is 0 Å². The van der Waals surface area contributed by atoms with Crippen LogP contribution in [0.2, 0.25) is 0 Å². The Morgan fingerprint density at radius 1 is 1.25 bits per heavy atom. The van der Waals surface area contributed by atoms with Crippen molar-refractivity contribution < 1.29 is 35.0 Å². The molecule has 3 aliphatic rings. The summed E-state index contributed by atoms with van der Waals surface area (Å²) in [5.74, 6) is 0. The molecule has 2 heterocycles. The molecule has 9 unspecified atom stereocenters. The first-order chi connectivity index (χ1) is 11.5. The fourth-order valence-electron chi connectivity index (χ4n) is 3.35. The van der Waals surface area contributed by atoms with Crippen molar-refractivity contribution in [3.63, 3.8) is 0 Å². The molecule has 9 atom stereocenters. The molecule has 0 saturated carbocycles. The summed E-state index contributed by atoms with van der Waals surface area (Å²) in [6.45, 7) is -0.315. The van der Waals surface area contributed by atoms with Crippen LogP contribution in [0.1, 0.15) is 0 Å². The second-order valence-corrected chi connectivity index (χ2v) is 6.11. The quantitative estimate of drug-likeness (QED) is 0.136. The normalized spacial score (nSPS) is 47.9. The van der Waals surface area contributed by atoms with E-state index in [1.165, 1.54) is 6.08 Å². The van der Waals surface area contributed by atoms with Gasteiger partial charge in [-0.15, -0.1) is 0 Å². The summed E-state index contributed by atoms with van der Waals surface area (Å²) in [6, 6.07) is -2.54. The zero-order valence-corrected chi connectivity index (χ0v) is 12.6. The van der Waals surface area contributed by atoms with Gasteiger partial charge < -0.3 is 40.3 Å². The van der Waals surface area contributed by atoms with Gasteiger partial charge in [-0.1, -0.05) is 11.2 Å². The molecule has 2 fully saturated rings. The average Bonchev–Trinajstić information content (AvgIpc) is 3.01. The maximum atomic E-state index is 10.4. The third kappa shape index (κ3) is 2.90. The summed E-state index contributed by atoms with van der Waals surface area (Å²) in [6.07, 6.45) is -5.31. The highest BCUT2D eigenvalue weighted by Crippen LogP contribution is 2.31. The van der Waals surface area contributed by atoms with Crippen molar-refractivity contribution in [1.82, 2.24) is 5.32 Å². The molecule has 2 bridgehead atoms. The predicted molar refractivity (Wildman–Crippen MR) is 77.5 cm³/mol. The Balaban J connectivity index is 1.81. The first-order valence-electron chi connectivity index (χ1n) is 7.59. The summed E-state index contributed by atoms with van der Waals surface area (Å²) in [7, 11) is 0. The maximum absolute atomic E-state index is 10.4. The van der Waals surface area contributed by atoms with E-state index in [4.69, 9.17) is 15.0 Å². The molecular formula is C13H20N4O7. The highest BCUT2D eigenvalue weighted by Gasteiger charge is 2.51. The van der Waals surface area contributed by atoms with E-state index in [1.54, 1.807) is 0 Å². The van der Waals surface area contributed by atoms with Gasteiger partial charge in [-0.25, -0.2) is 0 Å². The minimum atomic E-state index is -1.49. The third-order valence-corrected chi connectivity index (χ3v) is 4.70. The molecule has 0 spiro atoms. The lowest BCUT2D eigenvalue weighted by Gasteiger charge is -2.41. The van der Waals surface area contributed by atoms with Gasteiger partial charge in [0.15, 0.2) is 6.29 Å². The zero-order chi connectivity index (χ0) is 17.4. The molecule has 0 aromatic rings. The number of aliphatic hydroxyl groups is 5. The van der Waals surface area contributed by atoms with E-state index in [-0.39, 0.29) is 12.2 Å². The molecule has 1 aliphatic carbocycles. The molecule has 0 aromatic heterocycles. The van der Waals surface area contributed by atoms with Crippen LogP contribution in [0.15, 0.2) is 16.8 Å². The number of aliphatic hydroxyl groups excluding tert-OH is 5. The Hall–Kier alpha value is -1.27. The van der Waals surface area contributed by atoms with Gasteiger partial charge in [0.05, 0.1) is 31.4 Å². The number of nitrogens with one attached hydrogen (secondary N) is 1. The van der Waals surface area contributed by atoms with Gasteiger partial charge in [0.2, 0.25) is 0 Å². The Morgan fingerprint density at radius 3 is 2.67 bits per heavy atom. The first-order valence-corrected chi connectivity index (χ1v) is 7.59. The molecule has 11 heteroatoms. The monoisotopic (exact) mass is 344 g/mol. The zero-order valence-electron chi connectivity index (χ0n) is 12.6. The average molecular weight is 344 g/mol. The van der Waals surface area contributed by atoms with Gasteiger partial charge in [-0.05, 0) is 11.1 Å². The van der Waals surface area contributed by atoms with Gasteiger partial charge in [0.1, 0.15) is 30.5 Å². The lowest BCUT2D eigenvalue weighted by molar-refractivity contribution is -0.147. The van der Waals surface area contributed by atoms with Crippen LogP contribution >= 0.6 is 0 Å². The Bertz CT molecular complexity index is 554. The van der Waals surface area contributed by atoms with Crippen molar-refractivity contribution in [3.8, 4) is 0 Å². The van der Waals surface area contributed by atoms with Crippen LogP contribution in [0, 0.1) is 0 Å². The van der Waals surface area contributed by atoms with Crippen LogP contribution in [0.3, 0.4) is 0 Å².